The fraction of sp³-hybridized carbons (Fsp3) is 0.538. The molecule has 0 saturated heterocycles. The number of benzene rings is 1. The lowest BCUT2D eigenvalue weighted by molar-refractivity contribution is 0.114. The van der Waals surface area contributed by atoms with E-state index in [1.807, 2.05) is 19.1 Å². The molecule has 0 aliphatic rings. The molecule has 0 aliphatic heterocycles. The van der Waals surface area contributed by atoms with Crippen LogP contribution in [0.25, 0.3) is 0 Å². The quantitative estimate of drug-likeness (QED) is 0.859. The van der Waals surface area contributed by atoms with Gasteiger partial charge in [-0.2, -0.15) is 0 Å². The molecule has 1 aromatic rings. The minimum absolute atomic E-state index is 0.281. The van der Waals surface area contributed by atoms with Crippen LogP contribution < -0.4 is 4.74 Å². The molecular weight excluding hydrogens is 224 g/mol. The van der Waals surface area contributed by atoms with Crippen LogP contribution in [0.4, 0.5) is 0 Å². The zero-order valence-corrected chi connectivity index (χ0v) is 10.8. The number of aliphatic hydroxyl groups is 1. The second kappa shape index (κ2) is 6.12. The Labute approximate surface area is 102 Å². The normalized spacial score (nSPS) is 14.6. The van der Waals surface area contributed by atoms with Gasteiger partial charge in [-0.05, 0) is 29.7 Å². The zero-order chi connectivity index (χ0) is 12.1. The van der Waals surface area contributed by atoms with E-state index in [0.29, 0.717) is 11.4 Å². The molecule has 2 unspecified atom stereocenters. The number of rotatable bonds is 5. The van der Waals surface area contributed by atoms with Gasteiger partial charge in [0, 0.05) is 11.4 Å². The molecule has 90 valence electrons. The molecule has 2 nitrogen and oxygen atoms in total. The van der Waals surface area contributed by atoms with Gasteiger partial charge in [0.15, 0.2) is 0 Å². The third-order valence-corrected chi connectivity index (χ3v) is 3.21. The lowest BCUT2D eigenvalue weighted by Crippen LogP contribution is -2.20. The van der Waals surface area contributed by atoms with Crippen molar-refractivity contribution in [2.24, 2.45) is 5.92 Å². The van der Waals surface area contributed by atoms with E-state index in [1.165, 1.54) is 0 Å². The van der Waals surface area contributed by atoms with Crippen molar-refractivity contribution >= 4 is 11.6 Å². The summed E-state index contributed by atoms with van der Waals surface area (Å²) in [7, 11) is 1.63. The molecule has 0 bridgehead atoms. The summed E-state index contributed by atoms with van der Waals surface area (Å²) in [5.41, 5.74) is 0.961. The molecule has 3 heteroatoms. The molecule has 16 heavy (non-hydrogen) atoms. The Morgan fingerprint density at radius 2 is 2.12 bits per heavy atom. The summed E-state index contributed by atoms with van der Waals surface area (Å²) in [6, 6.07) is 5.48. The third-order valence-electron chi connectivity index (χ3n) is 2.97. The second-order valence-electron chi connectivity index (χ2n) is 4.11. The average molecular weight is 243 g/mol. The van der Waals surface area contributed by atoms with Crippen molar-refractivity contribution in [3.8, 4) is 5.75 Å². The maximum Gasteiger partial charge on any atom is 0.122 e. The van der Waals surface area contributed by atoms with Gasteiger partial charge in [-0.3, -0.25) is 0 Å². The fourth-order valence-electron chi connectivity index (χ4n) is 1.61. The molecule has 0 spiro atoms. The van der Waals surface area contributed by atoms with Gasteiger partial charge >= 0.3 is 0 Å². The summed E-state index contributed by atoms with van der Waals surface area (Å²) in [5, 5.41) is 10.7. The summed E-state index contributed by atoms with van der Waals surface area (Å²) >= 11 is 5.93. The van der Waals surface area contributed by atoms with E-state index >= 15 is 0 Å². The van der Waals surface area contributed by atoms with Crippen LogP contribution in [0.2, 0.25) is 5.02 Å². The first-order chi connectivity index (χ1) is 7.58. The van der Waals surface area contributed by atoms with Crippen LogP contribution >= 0.6 is 11.6 Å². The largest absolute Gasteiger partial charge is 0.496 e. The van der Waals surface area contributed by atoms with Gasteiger partial charge in [0.2, 0.25) is 0 Å². The minimum atomic E-state index is -0.350. The number of hydrogen-bond donors (Lipinski definition) is 1. The van der Waals surface area contributed by atoms with Gasteiger partial charge in [0.05, 0.1) is 13.2 Å². The lowest BCUT2D eigenvalue weighted by Gasteiger charge is -2.18. The standard InChI is InChI=1S/C13H19ClO2/c1-4-9(2)12(15)8-10-7-11(14)5-6-13(10)16-3/h5-7,9,12,15H,4,8H2,1-3H3. The molecule has 1 aromatic carbocycles. The average Bonchev–Trinajstić information content (AvgIpc) is 2.28. The monoisotopic (exact) mass is 242 g/mol. The van der Waals surface area contributed by atoms with E-state index in [9.17, 15) is 5.11 Å². The molecule has 0 saturated carbocycles. The molecule has 0 heterocycles. The zero-order valence-electron chi connectivity index (χ0n) is 10.0. The van der Waals surface area contributed by atoms with Crippen molar-refractivity contribution in [2.45, 2.75) is 32.8 Å². The van der Waals surface area contributed by atoms with Gasteiger partial charge in [0.25, 0.3) is 0 Å². The van der Waals surface area contributed by atoms with Crippen LogP contribution in [0.1, 0.15) is 25.8 Å². The van der Waals surface area contributed by atoms with E-state index in [2.05, 4.69) is 6.92 Å². The van der Waals surface area contributed by atoms with Crippen molar-refractivity contribution in [3.05, 3.63) is 28.8 Å². The topological polar surface area (TPSA) is 29.5 Å². The highest BCUT2D eigenvalue weighted by molar-refractivity contribution is 6.30. The number of halogens is 1. The number of methoxy groups -OCH3 is 1. The predicted molar refractivity (Wildman–Crippen MR) is 67.2 cm³/mol. The first-order valence-electron chi connectivity index (χ1n) is 5.59. The Morgan fingerprint density at radius 3 is 2.69 bits per heavy atom. The summed E-state index contributed by atoms with van der Waals surface area (Å²) < 4.78 is 5.24. The predicted octanol–water partition coefficient (Wildman–Crippen LogP) is 3.30. The highest BCUT2D eigenvalue weighted by atomic mass is 35.5. The summed E-state index contributed by atoms with van der Waals surface area (Å²) in [5.74, 6) is 1.07. The molecular formula is C13H19ClO2. The number of aliphatic hydroxyl groups excluding tert-OH is 1. The summed E-state index contributed by atoms with van der Waals surface area (Å²) in [6.07, 6.45) is 1.19. The third kappa shape index (κ3) is 3.39. The Bertz CT molecular complexity index is 339. The van der Waals surface area contributed by atoms with Crippen LogP contribution in [0, 0.1) is 5.92 Å². The van der Waals surface area contributed by atoms with Crippen molar-refractivity contribution in [3.63, 3.8) is 0 Å². The van der Waals surface area contributed by atoms with Crippen LogP contribution in [0.15, 0.2) is 18.2 Å². The minimum Gasteiger partial charge on any atom is -0.496 e. The summed E-state index contributed by atoms with van der Waals surface area (Å²) in [4.78, 5) is 0. The van der Waals surface area contributed by atoms with Crippen molar-refractivity contribution in [1.82, 2.24) is 0 Å². The van der Waals surface area contributed by atoms with Gasteiger partial charge < -0.3 is 9.84 Å². The number of ether oxygens (including phenoxy) is 1. The maximum atomic E-state index is 9.98. The van der Waals surface area contributed by atoms with E-state index in [0.717, 1.165) is 17.7 Å². The smallest absolute Gasteiger partial charge is 0.122 e. The first-order valence-corrected chi connectivity index (χ1v) is 5.96. The molecule has 0 fully saturated rings. The van der Waals surface area contributed by atoms with Crippen LogP contribution in [0.3, 0.4) is 0 Å². The van der Waals surface area contributed by atoms with E-state index in [1.54, 1.807) is 13.2 Å². The molecule has 1 N–H and O–H groups in total. The highest BCUT2D eigenvalue weighted by Crippen LogP contribution is 2.25. The molecule has 0 radical (unpaired) electrons. The van der Waals surface area contributed by atoms with Gasteiger partial charge in [-0.25, -0.2) is 0 Å². The van der Waals surface area contributed by atoms with Crippen LogP contribution in [0.5, 0.6) is 5.75 Å². The first kappa shape index (κ1) is 13.3. The van der Waals surface area contributed by atoms with Gasteiger partial charge in [-0.15, -0.1) is 0 Å². The van der Waals surface area contributed by atoms with Crippen molar-refractivity contribution in [1.29, 1.82) is 0 Å². The van der Waals surface area contributed by atoms with Crippen molar-refractivity contribution < 1.29 is 9.84 Å². The maximum absolute atomic E-state index is 9.98. The Balaban J connectivity index is 2.82. The van der Waals surface area contributed by atoms with Crippen molar-refractivity contribution in [2.75, 3.05) is 7.11 Å². The molecule has 2 atom stereocenters. The Kier molecular flexibility index (Phi) is 5.10. The highest BCUT2D eigenvalue weighted by Gasteiger charge is 2.15. The number of hydrogen-bond acceptors (Lipinski definition) is 2. The molecule has 0 aromatic heterocycles. The molecule has 0 amide bonds. The molecule has 0 aliphatic carbocycles. The second-order valence-corrected chi connectivity index (χ2v) is 4.55. The Hall–Kier alpha value is -0.730. The van der Waals surface area contributed by atoms with E-state index < -0.39 is 0 Å². The SMILES string of the molecule is CCC(C)C(O)Cc1cc(Cl)ccc1OC. The van der Waals surface area contributed by atoms with E-state index in [4.69, 9.17) is 16.3 Å². The van der Waals surface area contributed by atoms with Crippen LogP contribution in [-0.2, 0) is 6.42 Å². The summed E-state index contributed by atoms with van der Waals surface area (Å²) in [6.45, 7) is 4.12. The lowest BCUT2D eigenvalue weighted by atomic mass is 9.95. The van der Waals surface area contributed by atoms with Gasteiger partial charge in [0.1, 0.15) is 5.75 Å². The van der Waals surface area contributed by atoms with Crippen LogP contribution in [-0.4, -0.2) is 18.3 Å². The fourth-order valence-corrected chi connectivity index (χ4v) is 1.80. The van der Waals surface area contributed by atoms with Gasteiger partial charge in [-0.1, -0.05) is 31.9 Å². The van der Waals surface area contributed by atoms with E-state index in [-0.39, 0.29) is 12.0 Å². The molecule has 1 rings (SSSR count). The Morgan fingerprint density at radius 1 is 1.44 bits per heavy atom.